The predicted octanol–water partition coefficient (Wildman–Crippen LogP) is 3.17. The first-order valence-electron chi connectivity index (χ1n) is 7.75. The molecule has 0 unspecified atom stereocenters. The van der Waals surface area contributed by atoms with E-state index in [1.807, 2.05) is 37.3 Å². The monoisotopic (exact) mass is 347 g/mol. The van der Waals surface area contributed by atoms with E-state index in [0.717, 1.165) is 11.1 Å². The quantitative estimate of drug-likeness (QED) is 0.446. The molecule has 0 spiro atoms. The molecule has 0 bridgehead atoms. The summed E-state index contributed by atoms with van der Waals surface area (Å²) in [6.07, 6.45) is 4.40. The number of hydrogen-bond donors (Lipinski definition) is 1. The summed E-state index contributed by atoms with van der Waals surface area (Å²) in [5, 5.41) is 14.7. The molecule has 1 N–H and O–H groups in total. The van der Waals surface area contributed by atoms with Crippen LogP contribution in [0.15, 0.2) is 55.2 Å². The second-order valence-electron chi connectivity index (χ2n) is 5.60. The molecule has 0 saturated carbocycles. The fourth-order valence-corrected chi connectivity index (χ4v) is 2.66. The van der Waals surface area contributed by atoms with E-state index in [0.29, 0.717) is 11.3 Å². The third-order valence-electron chi connectivity index (χ3n) is 3.83. The van der Waals surface area contributed by atoms with Crippen molar-refractivity contribution in [3.05, 3.63) is 70.9 Å². The van der Waals surface area contributed by atoms with Gasteiger partial charge in [-0.05, 0) is 36.8 Å². The summed E-state index contributed by atoms with van der Waals surface area (Å²) in [5.74, 6) is 0.665. The average Bonchev–Trinajstić information content (AvgIpc) is 3.05. The number of rotatable bonds is 4. The van der Waals surface area contributed by atoms with Crippen LogP contribution >= 0.6 is 0 Å². The molecule has 3 heterocycles. The maximum Gasteiger partial charge on any atom is 0.354 e. The average molecular weight is 347 g/mol. The molecule has 9 heteroatoms. The summed E-state index contributed by atoms with van der Waals surface area (Å²) >= 11 is 0. The van der Waals surface area contributed by atoms with Crippen LogP contribution < -0.4 is 5.32 Å². The van der Waals surface area contributed by atoms with Crippen molar-refractivity contribution < 1.29 is 4.92 Å². The van der Waals surface area contributed by atoms with E-state index < -0.39 is 4.92 Å². The van der Waals surface area contributed by atoms with E-state index in [-0.39, 0.29) is 17.3 Å². The molecule has 4 aromatic rings. The van der Waals surface area contributed by atoms with Gasteiger partial charge in [-0.25, -0.2) is 19.9 Å². The molecule has 0 amide bonds. The molecular weight excluding hydrogens is 334 g/mol. The molecule has 0 atom stereocenters. The van der Waals surface area contributed by atoms with Crippen LogP contribution in [0.3, 0.4) is 0 Å². The lowest BCUT2D eigenvalue weighted by Gasteiger charge is -2.09. The first-order chi connectivity index (χ1) is 12.6. The molecule has 26 heavy (non-hydrogen) atoms. The highest BCUT2D eigenvalue weighted by Crippen LogP contribution is 2.31. The highest BCUT2D eigenvalue weighted by atomic mass is 16.6. The van der Waals surface area contributed by atoms with Crippen LogP contribution in [0.5, 0.6) is 0 Å². The molecule has 0 saturated heterocycles. The minimum atomic E-state index is -0.512. The minimum Gasteiger partial charge on any atom is -0.319 e. The van der Waals surface area contributed by atoms with Crippen molar-refractivity contribution in [1.82, 2.24) is 24.5 Å². The van der Waals surface area contributed by atoms with Crippen molar-refractivity contribution in [2.24, 2.45) is 0 Å². The summed E-state index contributed by atoms with van der Waals surface area (Å²) in [6, 6.07) is 11.0. The number of hydrogen-bond acceptors (Lipinski definition) is 7. The van der Waals surface area contributed by atoms with Crippen LogP contribution in [-0.4, -0.2) is 29.4 Å². The van der Waals surface area contributed by atoms with Crippen molar-refractivity contribution in [2.75, 3.05) is 5.32 Å². The standard InChI is InChI=1S/C17H13N7O2/c1-11-6-7-18-14(8-11)22-16-15(24(25)26)17(20-9-19-16)23-10-21-12-4-2-3-5-13(12)23/h2-10H,1H3,(H,18,19,20,22). The highest BCUT2D eigenvalue weighted by molar-refractivity contribution is 5.79. The van der Waals surface area contributed by atoms with Gasteiger partial charge < -0.3 is 5.32 Å². The van der Waals surface area contributed by atoms with Crippen LogP contribution in [0.4, 0.5) is 17.3 Å². The molecule has 128 valence electrons. The van der Waals surface area contributed by atoms with Gasteiger partial charge in [-0.15, -0.1) is 0 Å². The van der Waals surface area contributed by atoms with E-state index in [2.05, 4.69) is 25.3 Å². The Labute approximate surface area is 147 Å². The second-order valence-corrected chi connectivity index (χ2v) is 5.60. The maximum atomic E-state index is 11.8. The molecule has 4 rings (SSSR count). The SMILES string of the molecule is Cc1ccnc(Nc2ncnc(-n3cnc4ccccc43)c2[N+](=O)[O-])c1. The Morgan fingerprint density at radius 1 is 1.12 bits per heavy atom. The molecule has 0 fully saturated rings. The van der Waals surface area contributed by atoms with Crippen molar-refractivity contribution in [3.63, 3.8) is 0 Å². The zero-order chi connectivity index (χ0) is 18.1. The number of nitrogens with one attached hydrogen (secondary N) is 1. The predicted molar refractivity (Wildman–Crippen MR) is 95.6 cm³/mol. The number of aromatic nitrogens is 5. The second kappa shape index (κ2) is 6.20. The third kappa shape index (κ3) is 2.71. The van der Waals surface area contributed by atoms with Gasteiger partial charge in [-0.1, -0.05) is 12.1 Å². The van der Waals surface area contributed by atoms with Crippen molar-refractivity contribution in [3.8, 4) is 5.82 Å². The molecule has 1 aromatic carbocycles. The van der Waals surface area contributed by atoms with Gasteiger partial charge in [0.15, 0.2) is 0 Å². The van der Waals surface area contributed by atoms with E-state index in [1.54, 1.807) is 16.8 Å². The van der Waals surface area contributed by atoms with Crippen LogP contribution in [0.1, 0.15) is 5.56 Å². The largest absolute Gasteiger partial charge is 0.354 e. The summed E-state index contributed by atoms with van der Waals surface area (Å²) < 4.78 is 1.57. The van der Waals surface area contributed by atoms with Gasteiger partial charge in [0, 0.05) is 6.20 Å². The lowest BCUT2D eigenvalue weighted by Crippen LogP contribution is -2.07. The van der Waals surface area contributed by atoms with Crippen LogP contribution in [-0.2, 0) is 0 Å². The highest BCUT2D eigenvalue weighted by Gasteiger charge is 2.25. The van der Waals surface area contributed by atoms with Gasteiger partial charge in [0.1, 0.15) is 18.5 Å². The Kier molecular flexibility index (Phi) is 3.73. The van der Waals surface area contributed by atoms with Gasteiger partial charge >= 0.3 is 5.69 Å². The molecule has 0 aliphatic carbocycles. The number of benzene rings is 1. The fourth-order valence-electron chi connectivity index (χ4n) is 2.66. The van der Waals surface area contributed by atoms with Crippen molar-refractivity contribution in [1.29, 1.82) is 0 Å². The number of anilines is 2. The van der Waals surface area contributed by atoms with Crippen molar-refractivity contribution >= 4 is 28.4 Å². The number of aryl methyl sites for hydroxylation is 1. The van der Waals surface area contributed by atoms with Gasteiger partial charge in [0.05, 0.1) is 16.0 Å². The minimum absolute atomic E-state index is 0.0656. The molecule has 0 aliphatic rings. The molecular formula is C17H13N7O2. The first-order valence-corrected chi connectivity index (χ1v) is 7.75. The zero-order valence-electron chi connectivity index (χ0n) is 13.7. The van der Waals surface area contributed by atoms with E-state index in [9.17, 15) is 10.1 Å². The number of nitro groups is 1. The van der Waals surface area contributed by atoms with Gasteiger partial charge in [0.25, 0.3) is 0 Å². The summed E-state index contributed by atoms with van der Waals surface area (Å²) in [7, 11) is 0. The molecule has 0 radical (unpaired) electrons. The number of pyridine rings is 1. The Bertz CT molecular complexity index is 1120. The smallest absolute Gasteiger partial charge is 0.319 e. The third-order valence-corrected chi connectivity index (χ3v) is 3.83. The molecule has 3 aromatic heterocycles. The summed E-state index contributed by atoms with van der Waals surface area (Å²) in [5.41, 5.74) is 2.16. The number of fused-ring (bicyclic) bond motifs is 1. The van der Waals surface area contributed by atoms with Crippen molar-refractivity contribution in [2.45, 2.75) is 6.92 Å². The topological polar surface area (TPSA) is 112 Å². The normalized spacial score (nSPS) is 10.8. The van der Waals surface area contributed by atoms with E-state index in [1.165, 1.54) is 12.7 Å². The van der Waals surface area contributed by atoms with Gasteiger partial charge in [-0.2, -0.15) is 0 Å². The maximum absolute atomic E-state index is 11.8. The number of para-hydroxylation sites is 2. The molecule has 0 aliphatic heterocycles. The van der Waals surface area contributed by atoms with Crippen LogP contribution in [0.25, 0.3) is 16.9 Å². The number of imidazole rings is 1. The fraction of sp³-hybridized carbons (Fsp3) is 0.0588. The Morgan fingerprint density at radius 3 is 2.77 bits per heavy atom. The Balaban J connectivity index is 1.87. The van der Waals surface area contributed by atoms with Crippen LogP contribution in [0.2, 0.25) is 0 Å². The lowest BCUT2D eigenvalue weighted by atomic mass is 10.3. The first kappa shape index (κ1) is 15.6. The van der Waals surface area contributed by atoms with Crippen LogP contribution in [0, 0.1) is 17.0 Å². The van der Waals surface area contributed by atoms with Gasteiger partial charge in [0.2, 0.25) is 11.6 Å². The summed E-state index contributed by atoms with van der Waals surface area (Å²) in [4.78, 5) is 27.8. The zero-order valence-corrected chi connectivity index (χ0v) is 13.7. The van der Waals surface area contributed by atoms with E-state index in [4.69, 9.17) is 0 Å². The summed E-state index contributed by atoms with van der Waals surface area (Å²) in [6.45, 7) is 1.91. The molecule has 9 nitrogen and oxygen atoms in total. The van der Waals surface area contributed by atoms with E-state index >= 15 is 0 Å². The Morgan fingerprint density at radius 2 is 1.96 bits per heavy atom. The Hall–Kier alpha value is -3.88. The number of nitrogens with zero attached hydrogens (tertiary/aromatic N) is 6. The lowest BCUT2D eigenvalue weighted by molar-refractivity contribution is -0.384. The van der Waals surface area contributed by atoms with Gasteiger partial charge in [-0.3, -0.25) is 14.7 Å².